The maximum absolute atomic E-state index is 5.44. The molecule has 118 valence electrons. The second kappa shape index (κ2) is 7.59. The van der Waals surface area contributed by atoms with Gasteiger partial charge in [0, 0.05) is 45.8 Å². The lowest BCUT2D eigenvalue weighted by atomic mass is 10.00. The van der Waals surface area contributed by atoms with Crippen molar-refractivity contribution < 1.29 is 4.74 Å². The first-order valence-electron chi connectivity index (χ1n) is 7.99. The van der Waals surface area contributed by atoms with Crippen molar-refractivity contribution in [3.05, 3.63) is 11.4 Å². The largest absolute Gasteiger partial charge is 0.381 e. The highest BCUT2D eigenvalue weighted by atomic mass is 16.5. The third-order valence-electron chi connectivity index (χ3n) is 4.11. The summed E-state index contributed by atoms with van der Waals surface area (Å²) in [4.78, 5) is 11.7. The molecule has 0 spiro atoms. The monoisotopic (exact) mass is 292 g/mol. The summed E-state index contributed by atoms with van der Waals surface area (Å²) < 4.78 is 5.44. The van der Waals surface area contributed by atoms with Crippen LogP contribution in [-0.2, 0) is 11.2 Å². The summed E-state index contributed by atoms with van der Waals surface area (Å²) in [6.07, 6.45) is 4.28. The Balaban J connectivity index is 2.17. The van der Waals surface area contributed by atoms with Crippen molar-refractivity contribution in [3.63, 3.8) is 0 Å². The van der Waals surface area contributed by atoms with Gasteiger partial charge in [-0.15, -0.1) is 0 Å². The Morgan fingerprint density at radius 3 is 2.62 bits per heavy atom. The summed E-state index contributed by atoms with van der Waals surface area (Å²) in [5, 5.41) is 3.20. The molecule has 0 atom stereocenters. The van der Waals surface area contributed by atoms with Crippen LogP contribution in [0.2, 0.25) is 0 Å². The molecule has 2 rings (SSSR count). The van der Waals surface area contributed by atoms with Gasteiger partial charge in [0.2, 0.25) is 0 Å². The smallest absolute Gasteiger partial charge is 0.137 e. The van der Waals surface area contributed by atoms with Crippen LogP contribution in [0.1, 0.15) is 37.6 Å². The first-order valence-corrected chi connectivity index (χ1v) is 7.99. The molecule has 0 aliphatic carbocycles. The number of hydrogen-bond donors (Lipinski definition) is 1. The van der Waals surface area contributed by atoms with E-state index in [4.69, 9.17) is 9.72 Å². The summed E-state index contributed by atoms with van der Waals surface area (Å²) in [6.45, 7) is 7.08. The number of nitrogens with zero attached hydrogens (tertiary/aromatic N) is 3. The predicted molar refractivity (Wildman–Crippen MR) is 87.1 cm³/mol. The lowest BCUT2D eigenvalue weighted by Gasteiger charge is -2.29. The van der Waals surface area contributed by atoms with Gasteiger partial charge in [-0.25, -0.2) is 9.97 Å². The lowest BCUT2D eigenvalue weighted by Crippen LogP contribution is -2.31. The third-order valence-corrected chi connectivity index (χ3v) is 4.11. The van der Waals surface area contributed by atoms with Crippen molar-refractivity contribution in [3.8, 4) is 0 Å². The van der Waals surface area contributed by atoms with Gasteiger partial charge in [0.05, 0.1) is 0 Å². The summed E-state index contributed by atoms with van der Waals surface area (Å²) in [5.41, 5.74) is 1.13. The van der Waals surface area contributed by atoms with E-state index in [9.17, 15) is 0 Å². The van der Waals surface area contributed by atoms with Crippen molar-refractivity contribution in [2.45, 2.75) is 39.5 Å². The Hall–Kier alpha value is -1.36. The number of aryl methyl sites for hydroxylation is 1. The van der Waals surface area contributed by atoms with Gasteiger partial charge >= 0.3 is 0 Å². The van der Waals surface area contributed by atoms with Crippen LogP contribution in [0.4, 0.5) is 11.6 Å². The number of ether oxygens (including phenoxy) is 1. The fourth-order valence-corrected chi connectivity index (χ4v) is 2.90. The van der Waals surface area contributed by atoms with E-state index < -0.39 is 0 Å². The number of anilines is 2. The molecule has 1 aliphatic rings. The molecular formula is C16H28N4O. The molecule has 1 aromatic heterocycles. The number of hydrogen-bond acceptors (Lipinski definition) is 5. The number of nitrogens with one attached hydrogen (secondary N) is 1. The Kier molecular flexibility index (Phi) is 5.79. The highest BCUT2D eigenvalue weighted by molar-refractivity contribution is 5.58. The molecule has 21 heavy (non-hydrogen) atoms. The van der Waals surface area contributed by atoms with Crippen LogP contribution < -0.4 is 10.2 Å². The van der Waals surface area contributed by atoms with Crippen molar-refractivity contribution in [2.75, 3.05) is 44.1 Å². The van der Waals surface area contributed by atoms with E-state index in [0.29, 0.717) is 5.92 Å². The first-order chi connectivity index (χ1) is 10.2. The van der Waals surface area contributed by atoms with Gasteiger partial charge < -0.3 is 15.0 Å². The van der Waals surface area contributed by atoms with E-state index in [1.165, 1.54) is 0 Å². The molecule has 0 radical (unpaired) electrons. The molecule has 1 saturated heterocycles. The molecule has 5 heteroatoms. The minimum Gasteiger partial charge on any atom is -0.381 e. The van der Waals surface area contributed by atoms with Crippen molar-refractivity contribution in [1.82, 2.24) is 9.97 Å². The number of aromatic nitrogens is 2. The van der Waals surface area contributed by atoms with Crippen LogP contribution in [-0.4, -0.2) is 43.8 Å². The molecule has 1 aromatic rings. The Labute approximate surface area is 128 Å². The highest BCUT2D eigenvalue weighted by Gasteiger charge is 2.19. The van der Waals surface area contributed by atoms with E-state index in [2.05, 4.69) is 36.1 Å². The summed E-state index contributed by atoms with van der Waals surface area (Å²) in [6, 6.07) is 0. The fraction of sp³-hybridized carbons (Fsp3) is 0.750. The average molecular weight is 292 g/mol. The maximum Gasteiger partial charge on any atom is 0.137 e. The van der Waals surface area contributed by atoms with Crippen LogP contribution in [0.25, 0.3) is 0 Å². The van der Waals surface area contributed by atoms with E-state index in [1.807, 2.05) is 7.05 Å². The van der Waals surface area contributed by atoms with E-state index in [-0.39, 0.29) is 0 Å². The molecule has 0 saturated carbocycles. The molecule has 1 aliphatic heterocycles. The average Bonchev–Trinajstić information content (AvgIpc) is 2.50. The predicted octanol–water partition coefficient (Wildman–Crippen LogP) is 2.64. The SMILES string of the molecule is CCCc1nc(NC)c(C)c(N(C)CC2CCOCC2)n1. The molecule has 5 nitrogen and oxygen atoms in total. The van der Waals surface area contributed by atoms with Crippen molar-refractivity contribution in [2.24, 2.45) is 5.92 Å². The van der Waals surface area contributed by atoms with Crippen LogP contribution in [0, 0.1) is 12.8 Å². The zero-order valence-electron chi connectivity index (χ0n) is 13.8. The van der Waals surface area contributed by atoms with Crippen LogP contribution >= 0.6 is 0 Å². The van der Waals surface area contributed by atoms with Crippen molar-refractivity contribution in [1.29, 1.82) is 0 Å². The summed E-state index contributed by atoms with van der Waals surface area (Å²) in [7, 11) is 4.06. The molecule has 0 unspecified atom stereocenters. The Morgan fingerprint density at radius 1 is 1.29 bits per heavy atom. The quantitative estimate of drug-likeness (QED) is 0.873. The van der Waals surface area contributed by atoms with Gasteiger partial charge in [0.1, 0.15) is 17.5 Å². The molecule has 1 N–H and O–H groups in total. The summed E-state index contributed by atoms with van der Waals surface area (Å²) in [5.74, 6) is 3.64. The normalized spacial score (nSPS) is 16.0. The standard InChI is InChI=1S/C16H28N4O/c1-5-6-14-18-15(17-3)12(2)16(19-14)20(4)11-13-7-9-21-10-8-13/h13H,5-11H2,1-4H3,(H,17,18,19). The lowest BCUT2D eigenvalue weighted by molar-refractivity contribution is 0.0685. The minimum absolute atomic E-state index is 0.700. The summed E-state index contributed by atoms with van der Waals surface area (Å²) >= 11 is 0. The first kappa shape index (κ1) is 16.0. The number of rotatable bonds is 6. The third kappa shape index (κ3) is 4.06. The molecular weight excluding hydrogens is 264 g/mol. The van der Waals surface area contributed by atoms with Crippen LogP contribution in [0.15, 0.2) is 0 Å². The molecule has 1 fully saturated rings. The second-order valence-electron chi connectivity index (χ2n) is 5.87. The van der Waals surface area contributed by atoms with Gasteiger partial charge in [-0.3, -0.25) is 0 Å². The van der Waals surface area contributed by atoms with E-state index in [1.54, 1.807) is 0 Å². The fourth-order valence-electron chi connectivity index (χ4n) is 2.90. The highest BCUT2D eigenvalue weighted by Crippen LogP contribution is 2.25. The molecule has 0 amide bonds. The van der Waals surface area contributed by atoms with Gasteiger partial charge in [-0.1, -0.05) is 6.92 Å². The van der Waals surface area contributed by atoms with Gasteiger partial charge in [0.15, 0.2) is 0 Å². The second-order valence-corrected chi connectivity index (χ2v) is 5.87. The minimum atomic E-state index is 0.700. The van der Waals surface area contributed by atoms with E-state index in [0.717, 1.165) is 68.5 Å². The zero-order valence-corrected chi connectivity index (χ0v) is 13.8. The molecule has 2 heterocycles. The zero-order chi connectivity index (χ0) is 15.2. The maximum atomic E-state index is 5.44. The van der Waals surface area contributed by atoms with E-state index >= 15 is 0 Å². The topological polar surface area (TPSA) is 50.3 Å². The van der Waals surface area contributed by atoms with Crippen molar-refractivity contribution >= 4 is 11.6 Å². The van der Waals surface area contributed by atoms with Gasteiger partial charge in [-0.05, 0) is 32.1 Å². The van der Waals surface area contributed by atoms with Gasteiger partial charge in [-0.2, -0.15) is 0 Å². The molecule has 0 bridgehead atoms. The molecule has 0 aromatic carbocycles. The van der Waals surface area contributed by atoms with Crippen LogP contribution in [0.3, 0.4) is 0 Å². The van der Waals surface area contributed by atoms with Crippen LogP contribution in [0.5, 0.6) is 0 Å². The Bertz CT molecular complexity index is 458. The Morgan fingerprint density at radius 2 is 2.00 bits per heavy atom. The van der Waals surface area contributed by atoms with Gasteiger partial charge in [0.25, 0.3) is 0 Å².